The first-order valence-corrected chi connectivity index (χ1v) is 7.21. The van der Waals surface area contributed by atoms with Gasteiger partial charge in [0.1, 0.15) is 12.2 Å². The fraction of sp³-hybridized carbons (Fsp3) is 0.0588. The Morgan fingerprint density at radius 1 is 1.04 bits per heavy atom. The summed E-state index contributed by atoms with van der Waals surface area (Å²) >= 11 is 0. The molecule has 1 amide bonds. The number of fused-ring (bicyclic) bond motifs is 1. The quantitative estimate of drug-likeness (QED) is 0.788. The molecule has 0 saturated carbocycles. The number of benzene rings is 1. The Morgan fingerprint density at radius 3 is 2.61 bits per heavy atom. The summed E-state index contributed by atoms with van der Waals surface area (Å²) in [5.41, 5.74) is 2.42. The summed E-state index contributed by atoms with van der Waals surface area (Å²) in [6.45, 7) is 0.226. The molecule has 1 N–H and O–H groups in total. The van der Waals surface area contributed by atoms with Crippen molar-refractivity contribution in [3.63, 3.8) is 0 Å². The monoisotopic (exact) mass is 303 g/mol. The molecule has 0 spiro atoms. The van der Waals surface area contributed by atoms with Crippen LogP contribution in [0.2, 0.25) is 0 Å². The molecule has 1 aromatic carbocycles. The van der Waals surface area contributed by atoms with Crippen molar-refractivity contribution in [2.75, 3.05) is 16.8 Å². The maximum absolute atomic E-state index is 11.9. The van der Waals surface area contributed by atoms with Crippen LogP contribution in [0.15, 0.2) is 61.1 Å². The number of hydrogen-bond acceptors (Lipinski definition) is 5. The van der Waals surface area contributed by atoms with Crippen molar-refractivity contribution >= 4 is 23.1 Å². The number of rotatable bonds is 2. The third kappa shape index (κ3) is 2.50. The van der Waals surface area contributed by atoms with Crippen molar-refractivity contribution in [1.29, 1.82) is 0 Å². The number of nitrogens with one attached hydrogen (secondary N) is 1. The van der Waals surface area contributed by atoms with Crippen LogP contribution in [0.25, 0.3) is 11.4 Å². The van der Waals surface area contributed by atoms with Crippen molar-refractivity contribution in [2.45, 2.75) is 0 Å². The highest BCUT2D eigenvalue weighted by atomic mass is 16.2. The molecule has 2 aromatic heterocycles. The van der Waals surface area contributed by atoms with Gasteiger partial charge in [-0.3, -0.25) is 9.78 Å². The van der Waals surface area contributed by atoms with Gasteiger partial charge in [-0.15, -0.1) is 0 Å². The summed E-state index contributed by atoms with van der Waals surface area (Å²) in [5, 5.41) is 2.82. The van der Waals surface area contributed by atoms with Gasteiger partial charge in [-0.25, -0.2) is 9.97 Å². The minimum atomic E-state index is -0.0818. The molecule has 6 heteroatoms. The zero-order valence-electron chi connectivity index (χ0n) is 12.2. The SMILES string of the molecule is O=C1CN(c2ccccc2)c2nc(-c3ccncc3)ncc2N1. The van der Waals surface area contributed by atoms with Gasteiger partial charge in [0.2, 0.25) is 5.91 Å². The molecule has 0 unspecified atom stereocenters. The maximum Gasteiger partial charge on any atom is 0.244 e. The van der Waals surface area contributed by atoms with Crippen LogP contribution in [0.1, 0.15) is 0 Å². The van der Waals surface area contributed by atoms with E-state index in [9.17, 15) is 4.79 Å². The van der Waals surface area contributed by atoms with E-state index in [2.05, 4.69) is 20.3 Å². The summed E-state index contributed by atoms with van der Waals surface area (Å²) in [5.74, 6) is 1.21. The van der Waals surface area contributed by atoms with Gasteiger partial charge in [0, 0.05) is 23.6 Å². The minimum absolute atomic E-state index is 0.0818. The number of hydrogen-bond donors (Lipinski definition) is 1. The molecule has 0 radical (unpaired) electrons. The Balaban J connectivity index is 1.83. The van der Waals surface area contributed by atoms with Gasteiger partial charge >= 0.3 is 0 Å². The molecule has 1 aliphatic rings. The Morgan fingerprint density at radius 2 is 1.83 bits per heavy atom. The van der Waals surface area contributed by atoms with Crippen LogP contribution in [0.4, 0.5) is 17.2 Å². The molecule has 3 heterocycles. The standard InChI is InChI=1S/C17H13N5O/c23-15-11-22(13-4-2-1-3-5-13)17-14(20-15)10-19-16(21-17)12-6-8-18-9-7-12/h1-10H,11H2,(H,20,23). The van der Waals surface area contributed by atoms with Crippen molar-refractivity contribution < 1.29 is 4.79 Å². The second-order valence-electron chi connectivity index (χ2n) is 5.14. The normalized spacial score (nSPS) is 13.4. The summed E-state index contributed by atoms with van der Waals surface area (Å²) < 4.78 is 0. The molecule has 23 heavy (non-hydrogen) atoms. The lowest BCUT2D eigenvalue weighted by molar-refractivity contribution is -0.115. The molecule has 0 bridgehead atoms. The van der Waals surface area contributed by atoms with Gasteiger partial charge in [0.25, 0.3) is 0 Å². The summed E-state index contributed by atoms with van der Waals surface area (Å²) in [4.78, 5) is 26.8. The van der Waals surface area contributed by atoms with Crippen LogP contribution < -0.4 is 10.2 Å². The lowest BCUT2D eigenvalue weighted by Gasteiger charge is -2.29. The predicted octanol–water partition coefficient (Wildman–Crippen LogP) is 2.63. The third-order valence-electron chi connectivity index (χ3n) is 3.61. The maximum atomic E-state index is 11.9. The van der Waals surface area contributed by atoms with E-state index < -0.39 is 0 Å². The third-order valence-corrected chi connectivity index (χ3v) is 3.61. The zero-order chi connectivity index (χ0) is 15.6. The van der Waals surface area contributed by atoms with E-state index in [0.717, 1.165) is 11.3 Å². The molecule has 0 saturated heterocycles. The Bertz CT molecular complexity index is 851. The van der Waals surface area contributed by atoms with Crippen LogP contribution in [0, 0.1) is 0 Å². The first-order chi connectivity index (χ1) is 11.3. The van der Waals surface area contributed by atoms with E-state index in [1.165, 1.54) is 0 Å². The van der Waals surface area contributed by atoms with Crippen LogP contribution >= 0.6 is 0 Å². The largest absolute Gasteiger partial charge is 0.320 e. The topological polar surface area (TPSA) is 71.0 Å². The average molecular weight is 303 g/mol. The Hall–Kier alpha value is -3.28. The van der Waals surface area contributed by atoms with Crippen molar-refractivity contribution in [2.24, 2.45) is 0 Å². The summed E-state index contributed by atoms with van der Waals surface area (Å²) in [6, 6.07) is 13.4. The predicted molar refractivity (Wildman–Crippen MR) is 87.3 cm³/mol. The number of aromatic nitrogens is 3. The molecule has 1 aliphatic heterocycles. The molecular weight excluding hydrogens is 290 g/mol. The molecule has 0 aliphatic carbocycles. The van der Waals surface area contributed by atoms with Gasteiger partial charge in [0.15, 0.2) is 11.6 Å². The number of pyridine rings is 1. The van der Waals surface area contributed by atoms with E-state index in [-0.39, 0.29) is 12.5 Å². The number of anilines is 3. The van der Waals surface area contributed by atoms with Gasteiger partial charge < -0.3 is 10.2 Å². The minimum Gasteiger partial charge on any atom is -0.320 e. The van der Waals surface area contributed by atoms with Gasteiger partial charge in [-0.1, -0.05) is 18.2 Å². The Labute approximate surface area is 132 Å². The number of amides is 1. The number of nitrogens with zero attached hydrogens (tertiary/aromatic N) is 4. The van der Waals surface area contributed by atoms with Crippen LogP contribution in [0.5, 0.6) is 0 Å². The van der Waals surface area contributed by atoms with Crippen molar-refractivity contribution in [3.05, 3.63) is 61.1 Å². The average Bonchev–Trinajstić information content (AvgIpc) is 2.62. The van der Waals surface area contributed by atoms with E-state index >= 15 is 0 Å². The smallest absolute Gasteiger partial charge is 0.244 e. The zero-order valence-corrected chi connectivity index (χ0v) is 12.2. The molecular formula is C17H13N5O. The Kier molecular flexibility index (Phi) is 3.20. The summed E-state index contributed by atoms with van der Waals surface area (Å²) in [7, 11) is 0. The summed E-state index contributed by atoms with van der Waals surface area (Å²) in [6.07, 6.45) is 5.05. The fourth-order valence-electron chi connectivity index (χ4n) is 2.54. The first-order valence-electron chi connectivity index (χ1n) is 7.21. The van der Waals surface area contributed by atoms with Crippen molar-refractivity contribution in [3.8, 4) is 11.4 Å². The van der Waals surface area contributed by atoms with Gasteiger partial charge in [-0.05, 0) is 24.3 Å². The molecule has 4 rings (SSSR count). The second-order valence-corrected chi connectivity index (χ2v) is 5.14. The molecule has 0 atom stereocenters. The number of carbonyl (C=O) groups is 1. The van der Waals surface area contributed by atoms with Crippen LogP contribution in [-0.4, -0.2) is 27.4 Å². The highest BCUT2D eigenvalue weighted by Crippen LogP contribution is 2.33. The van der Waals surface area contributed by atoms with Crippen molar-refractivity contribution in [1.82, 2.24) is 15.0 Å². The highest BCUT2D eigenvalue weighted by Gasteiger charge is 2.25. The van der Waals surface area contributed by atoms with Gasteiger partial charge in [0.05, 0.1) is 6.20 Å². The number of carbonyl (C=O) groups excluding carboxylic acids is 1. The first kappa shape index (κ1) is 13.4. The van der Waals surface area contributed by atoms with E-state index in [0.29, 0.717) is 17.3 Å². The van der Waals surface area contributed by atoms with Gasteiger partial charge in [-0.2, -0.15) is 0 Å². The lowest BCUT2D eigenvalue weighted by atomic mass is 10.2. The molecule has 112 valence electrons. The van der Waals surface area contributed by atoms with Crippen LogP contribution in [-0.2, 0) is 4.79 Å². The molecule has 6 nitrogen and oxygen atoms in total. The molecule has 3 aromatic rings. The number of para-hydroxylation sites is 1. The van der Waals surface area contributed by atoms with E-state index in [1.54, 1.807) is 18.6 Å². The van der Waals surface area contributed by atoms with E-state index in [4.69, 9.17) is 0 Å². The lowest BCUT2D eigenvalue weighted by Crippen LogP contribution is -2.35. The van der Waals surface area contributed by atoms with Crippen LogP contribution in [0.3, 0.4) is 0 Å². The highest BCUT2D eigenvalue weighted by molar-refractivity contribution is 6.02. The fourth-order valence-corrected chi connectivity index (χ4v) is 2.54. The molecule has 0 fully saturated rings. The second kappa shape index (κ2) is 5.49. The van der Waals surface area contributed by atoms with E-state index in [1.807, 2.05) is 47.4 Å².